The molecule has 0 aromatic heterocycles. The topological polar surface area (TPSA) is 57.2 Å². The fourth-order valence-corrected chi connectivity index (χ4v) is 4.66. The number of benzene rings is 3. The number of fused-ring (bicyclic) bond motifs is 1. The first kappa shape index (κ1) is 24.0. The third kappa shape index (κ3) is 4.74. The first-order valence-corrected chi connectivity index (χ1v) is 11.5. The van der Waals surface area contributed by atoms with Crippen molar-refractivity contribution in [3.8, 4) is 23.0 Å². The van der Waals surface area contributed by atoms with Crippen LogP contribution >= 0.6 is 23.2 Å². The summed E-state index contributed by atoms with van der Waals surface area (Å²) in [6.45, 7) is 0.694. The second kappa shape index (κ2) is 10.5. The maximum absolute atomic E-state index is 13.6. The molecule has 3 aromatic carbocycles. The molecule has 4 rings (SSSR count). The van der Waals surface area contributed by atoms with Crippen molar-refractivity contribution in [2.45, 2.75) is 12.5 Å². The van der Waals surface area contributed by atoms with Crippen molar-refractivity contribution in [2.75, 3.05) is 34.5 Å². The molecule has 0 fully saturated rings. The van der Waals surface area contributed by atoms with Gasteiger partial charge in [0.15, 0.2) is 23.0 Å². The van der Waals surface area contributed by atoms with Gasteiger partial charge in [0.1, 0.15) is 6.61 Å². The lowest BCUT2D eigenvalue weighted by molar-refractivity contribution is 0.0587. The van der Waals surface area contributed by atoms with Gasteiger partial charge in [0.2, 0.25) is 0 Å². The summed E-state index contributed by atoms with van der Waals surface area (Å²) in [5.74, 6) is 2.24. The number of methoxy groups -OCH3 is 3. The summed E-state index contributed by atoms with van der Waals surface area (Å²) in [4.78, 5) is 15.4. The number of rotatable bonds is 7. The van der Waals surface area contributed by atoms with E-state index in [0.29, 0.717) is 51.6 Å². The predicted molar refractivity (Wildman–Crippen MR) is 132 cm³/mol. The van der Waals surface area contributed by atoms with Gasteiger partial charge >= 0.3 is 0 Å². The van der Waals surface area contributed by atoms with Gasteiger partial charge in [-0.05, 0) is 60.0 Å². The van der Waals surface area contributed by atoms with Gasteiger partial charge < -0.3 is 23.8 Å². The van der Waals surface area contributed by atoms with Crippen LogP contribution in [0.1, 0.15) is 27.5 Å². The molecule has 0 saturated heterocycles. The number of carbonyl (C=O) groups is 1. The van der Waals surface area contributed by atoms with Crippen LogP contribution in [-0.2, 0) is 6.42 Å². The van der Waals surface area contributed by atoms with Crippen LogP contribution in [0.15, 0.2) is 54.6 Å². The standard InChI is InChI=1S/C26H25Cl2NO5/c1-31-22-6-4-5-7-23(22)34-15-21-19-14-25(33-3)24(32-2)12-16(19)10-11-29(21)26(30)18-9-8-17(27)13-20(18)28/h4-9,12-14,21H,10-11,15H2,1-3H3. The summed E-state index contributed by atoms with van der Waals surface area (Å²) in [5.41, 5.74) is 2.38. The summed E-state index contributed by atoms with van der Waals surface area (Å²) >= 11 is 12.4. The van der Waals surface area contributed by atoms with Gasteiger partial charge in [-0.2, -0.15) is 0 Å². The monoisotopic (exact) mass is 501 g/mol. The molecule has 3 aromatic rings. The zero-order valence-electron chi connectivity index (χ0n) is 19.1. The third-order valence-electron chi connectivity index (χ3n) is 5.89. The molecule has 1 heterocycles. The number of nitrogens with zero attached hydrogens (tertiary/aromatic N) is 1. The van der Waals surface area contributed by atoms with Crippen LogP contribution in [0, 0.1) is 0 Å². The Morgan fingerprint density at radius 3 is 2.26 bits per heavy atom. The number of halogens is 2. The largest absolute Gasteiger partial charge is 0.493 e. The number of carbonyl (C=O) groups excluding carboxylic acids is 1. The van der Waals surface area contributed by atoms with Crippen LogP contribution in [-0.4, -0.2) is 45.3 Å². The number of hydrogen-bond donors (Lipinski definition) is 0. The van der Waals surface area contributed by atoms with Crippen LogP contribution < -0.4 is 18.9 Å². The number of hydrogen-bond acceptors (Lipinski definition) is 5. The minimum Gasteiger partial charge on any atom is -0.493 e. The van der Waals surface area contributed by atoms with Gasteiger partial charge in [0.25, 0.3) is 5.91 Å². The minimum absolute atomic E-state index is 0.198. The van der Waals surface area contributed by atoms with E-state index in [-0.39, 0.29) is 12.5 Å². The first-order chi connectivity index (χ1) is 16.5. The predicted octanol–water partition coefficient (Wildman–Crippen LogP) is 5.84. The first-order valence-electron chi connectivity index (χ1n) is 10.7. The van der Waals surface area contributed by atoms with Gasteiger partial charge in [0.05, 0.1) is 38.0 Å². The fourth-order valence-electron chi connectivity index (χ4n) is 4.18. The van der Waals surface area contributed by atoms with E-state index in [9.17, 15) is 4.79 Å². The Balaban J connectivity index is 1.74. The highest BCUT2D eigenvalue weighted by molar-refractivity contribution is 6.36. The Morgan fingerprint density at radius 1 is 0.912 bits per heavy atom. The Morgan fingerprint density at radius 2 is 1.59 bits per heavy atom. The third-order valence-corrected chi connectivity index (χ3v) is 6.44. The second-order valence-electron chi connectivity index (χ2n) is 7.76. The van der Waals surface area contributed by atoms with Crippen LogP contribution in [0.2, 0.25) is 10.0 Å². The van der Waals surface area contributed by atoms with E-state index in [4.69, 9.17) is 42.1 Å². The normalized spacial score (nSPS) is 14.9. The summed E-state index contributed by atoms with van der Waals surface area (Å²) in [6, 6.07) is 15.8. The molecule has 0 radical (unpaired) electrons. The lowest BCUT2D eigenvalue weighted by Gasteiger charge is -2.38. The van der Waals surface area contributed by atoms with Crippen molar-refractivity contribution in [3.05, 3.63) is 81.3 Å². The van der Waals surface area contributed by atoms with Crippen molar-refractivity contribution < 1.29 is 23.7 Å². The lowest BCUT2D eigenvalue weighted by Crippen LogP contribution is -2.42. The Hall–Kier alpha value is -3.09. The van der Waals surface area contributed by atoms with Crippen molar-refractivity contribution in [3.63, 3.8) is 0 Å². The molecule has 0 spiro atoms. The van der Waals surface area contributed by atoms with Crippen molar-refractivity contribution in [2.24, 2.45) is 0 Å². The molecule has 178 valence electrons. The number of para-hydroxylation sites is 2. The summed E-state index contributed by atoms with van der Waals surface area (Å²) in [5, 5.41) is 0.776. The Bertz CT molecular complexity index is 1200. The van der Waals surface area contributed by atoms with Crippen LogP contribution in [0.4, 0.5) is 0 Å². The molecule has 0 bridgehead atoms. The SMILES string of the molecule is COc1cc2c(cc1OC)C(COc1ccccc1OC)N(C(=O)c1ccc(Cl)cc1Cl)CC2. The zero-order valence-corrected chi connectivity index (χ0v) is 20.7. The molecule has 0 saturated carbocycles. The van der Waals surface area contributed by atoms with Crippen LogP contribution in [0.25, 0.3) is 0 Å². The van der Waals surface area contributed by atoms with E-state index in [2.05, 4.69) is 0 Å². The maximum Gasteiger partial charge on any atom is 0.256 e. The zero-order chi connectivity index (χ0) is 24.2. The quantitative estimate of drug-likeness (QED) is 0.407. The van der Waals surface area contributed by atoms with E-state index in [1.54, 1.807) is 44.4 Å². The number of amides is 1. The molecular formula is C26H25Cl2NO5. The van der Waals surface area contributed by atoms with E-state index in [1.807, 2.05) is 36.4 Å². The van der Waals surface area contributed by atoms with Gasteiger partial charge in [0, 0.05) is 11.6 Å². The molecule has 1 unspecified atom stereocenters. The van der Waals surface area contributed by atoms with Gasteiger partial charge in [-0.1, -0.05) is 35.3 Å². The second-order valence-corrected chi connectivity index (χ2v) is 8.60. The van der Waals surface area contributed by atoms with Gasteiger partial charge in [-0.25, -0.2) is 0 Å². The smallest absolute Gasteiger partial charge is 0.256 e. The molecular weight excluding hydrogens is 477 g/mol. The van der Waals surface area contributed by atoms with Gasteiger partial charge in [-0.15, -0.1) is 0 Å². The van der Waals surface area contributed by atoms with E-state index >= 15 is 0 Å². The fraction of sp³-hybridized carbons (Fsp3) is 0.269. The highest BCUT2D eigenvalue weighted by Crippen LogP contribution is 2.40. The summed E-state index contributed by atoms with van der Waals surface area (Å²) in [7, 11) is 4.78. The highest BCUT2D eigenvalue weighted by atomic mass is 35.5. The molecule has 8 heteroatoms. The van der Waals surface area contributed by atoms with Crippen LogP contribution in [0.3, 0.4) is 0 Å². The lowest BCUT2D eigenvalue weighted by atomic mass is 9.91. The molecule has 6 nitrogen and oxygen atoms in total. The Kier molecular flexibility index (Phi) is 7.39. The average molecular weight is 502 g/mol. The van der Waals surface area contributed by atoms with Crippen LogP contribution in [0.5, 0.6) is 23.0 Å². The molecule has 0 aliphatic carbocycles. The molecule has 1 aliphatic rings. The van der Waals surface area contributed by atoms with E-state index in [1.165, 1.54) is 0 Å². The summed E-state index contributed by atoms with van der Waals surface area (Å²) in [6.07, 6.45) is 0.651. The number of ether oxygens (including phenoxy) is 4. The molecule has 0 N–H and O–H groups in total. The van der Waals surface area contributed by atoms with Crippen molar-refractivity contribution >= 4 is 29.1 Å². The Labute approximate surface area is 208 Å². The molecule has 1 atom stereocenters. The minimum atomic E-state index is -0.396. The van der Waals surface area contributed by atoms with E-state index < -0.39 is 6.04 Å². The average Bonchev–Trinajstić information content (AvgIpc) is 2.86. The molecule has 1 amide bonds. The van der Waals surface area contributed by atoms with Crippen molar-refractivity contribution in [1.29, 1.82) is 0 Å². The van der Waals surface area contributed by atoms with Crippen molar-refractivity contribution in [1.82, 2.24) is 4.90 Å². The van der Waals surface area contributed by atoms with Gasteiger partial charge in [-0.3, -0.25) is 4.79 Å². The summed E-state index contributed by atoms with van der Waals surface area (Å²) < 4.78 is 22.6. The maximum atomic E-state index is 13.6. The highest BCUT2D eigenvalue weighted by Gasteiger charge is 2.34. The molecule has 1 aliphatic heterocycles. The molecule has 34 heavy (non-hydrogen) atoms. The van der Waals surface area contributed by atoms with E-state index in [0.717, 1.165) is 11.1 Å².